The molecule has 2 heterocycles. The number of halogens is 2. The van der Waals surface area contributed by atoms with Gasteiger partial charge in [-0.15, -0.1) is 24.8 Å². The highest BCUT2D eigenvalue weighted by molar-refractivity contribution is 5.85. The molecule has 1 atom stereocenters. The lowest BCUT2D eigenvalue weighted by atomic mass is 9.91. The van der Waals surface area contributed by atoms with Gasteiger partial charge in [-0.2, -0.15) is 0 Å². The first-order chi connectivity index (χ1) is 10.9. The van der Waals surface area contributed by atoms with Gasteiger partial charge in [0.25, 0.3) is 0 Å². The third-order valence-corrected chi connectivity index (χ3v) is 5.40. The minimum Gasteiger partial charge on any atom is -0.381 e. The molecule has 2 rings (SSSR count). The Hall–Kier alpha value is -0.110. The number of carbonyl (C=O) groups excluding carboxylic acids is 1. The van der Waals surface area contributed by atoms with Crippen LogP contribution in [-0.4, -0.2) is 68.4 Å². The molecule has 6 nitrogen and oxygen atoms in total. The SMILES string of the molecule is COC1CCN(C(C)(C)CNC(=O)C(N)C2CCOCC2)CC1.Cl.Cl. The summed E-state index contributed by atoms with van der Waals surface area (Å²) < 4.78 is 10.8. The highest BCUT2D eigenvalue weighted by Gasteiger charge is 2.32. The fourth-order valence-electron chi connectivity index (χ4n) is 3.52. The highest BCUT2D eigenvalue weighted by Crippen LogP contribution is 2.22. The molecule has 150 valence electrons. The molecule has 0 spiro atoms. The molecule has 0 aromatic heterocycles. The second-order valence-electron chi connectivity index (χ2n) is 7.43. The average Bonchev–Trinajstić information content (AvgIpc) is 2.60. The predicted octanol–water partition coefficient (Wildman–Crippen LogP) is 1.59. The van der Waals surface area contributed by atoms with Gasteiger partial charge < -0.3 is 20.5 Å². The highest BCUT2D eigenvalue weighted by atomic mass is 35.5. The van der Waals surface area contributed by atoms with Gasteiger partial charge in [-0.1, -0.05) is 0 Å². The Labute approximate surface area is 164 Å². The maximum absolute atomic E-state index is 12.4. The Morgan fingerprint density at radius 3 is 2.32 bits per heavy atom. The van der Waals surface area contributed by atoms with E-state index in [1.165, 1.54) is 0 Å². The van der Waals surface area contributed by atoms with Crippen LogP contribution in [0.25, 0.3) is 0 Å². The maximum Gasteiger partial charge on any atom is 0.237 e. The number of hydrogen-bond donors (Lipinski definition) is 2. The van der Waals surface area contributed by atoms with Crippen molar-refractivity contribution >= 4 is 30.7 Å². The summed E-state index contributed by atoms with van der Waals surface area (Å²) in [6, 6.07) is -0.422. The van der Waals surface area contributed by atoms with Gasteiger partial charge in [-0.3, -0.25) is 9.69 Å². The summed E-state index contributed by atoms with van der Waals surface area (Å²) in [7, 11) is 1.78. The van der Waals surface area contributed by atoms with Crippen molar-refractivity contribution in [1.82, 2.24) is 10.2 Å². The van der Waals surface area contributed by atoms with Gasteiger partial charge in [-0.05, 0) is 45.4 Å². The lowest BCUT2D eigenvalue weighted by Gasteiger charge is -2.43. The largest absolute Gasteiger partial charge is 0.381 e. The van der Waals surface area contributed by atoms with E-state index < -0.39 is 6.04 Å². The Balaban J connectivity index is 0.00000288. The zero-order valence-corrected chi connectivity index (χ0v) is 17.3. The van der Waals surface area contributed by atoms with Crippen molar-refractivity contribution in [3.8, 4) is 0 Å². The first-order valence-electron chi connectivity index (χ1n) is 8.83. The van der Waals surface area contributed by atoms with Crippen LogP contribution < -0.4 is 11.1 Å². The first-order valence-corrected chi connectivity index (χ1v) is 8.83. The van der Waals surface area contributed by atoms with Crippen molar-refractivity contribution in [2.45, 2.75) is 57.2 Å². The second kappa shape index (κ2) is 11.6. The fraction of sp³-hybridized carbons (Fsp3) is 0.941. The van der Waals surface area contributed by atoms with E-state index in [2.05, 4.69) is 24.1 Å². The van der Waals surface area contributed by atoms with Gasteiger partial charge in [0, 0.05) is 45.5 Å². The van der Waals surface area contributed by atoms with Gasteiger partial charge in [-0.25, -0.2) is 0 Å². The summed E-state index contributed by atoms with van der Waals surface area (Å²) in [5.74, 6) is 0.209. The molecule has 8 heteroatoms. The number of nitrogens with one attached hydrogen (secondary N) is 1. The second-order valence-corrected chi connectivity index (χ2v) is 7.43. The van der Waals surface area contributed by atoms with Crippen molar-refractivity contribution in [3.63, 3.8) is 0 Å². The molecular weight excluding hydrogens is 365 g/mol. The van der Waals surface area contributed by atoms with Crippen LogP contribution >= 0.6 is 24.8 Å². The van der Waals surface area contributed by atoms with Crippen LogP contribution in [0.4, 0.5) is 0 Å². The summed E-state index contributed by atoms with van der Waals surface area (Å²) in [6.07, 6.45) is 4.23. The molecule has 2 aliphatic rings. The Morgan fingerprint density at radius 2 is 1.80 bits per heavy atom. The van der Waals surface area contributed by atoms with Crippen LogP contribution in [0, 0.1) is 5.92 Å². The summed E-state index contributed by atoms with van der Waals surface area (Å²) in [4.78, 5) is 14.8. The summed E-state index contributed by atoms with van der Waals surface area (Å²) in [5, 5.41) is 3.06. The molecule has 1 amide bonds. The van der Waals surface area contributed by atoms with Crippen molar-refractivity contribution in [2.24, 2.45) is 11.7 Å². The summed E-state index contributed by atoms with van der Waals surface area (Å²) in [6.45, 7) is 8.43. The molecule has 0 aliphatic carbocycles. The zero-order chi connectivity index (χ0) is 16.9. The van der Waals surface area contributed by atoms with Crippen LogP contribution in [0.1, 0.15) is 39.5 Å². The maximum atomic E-state index is 12.4. The molecular formula is C17H35Cl2N3O3. The molecule has 3 N–H and O–H groups in total. The van der Waals surface area contributed by atoms with Crippen LogP contribution in [0.5, 0.6) is 0 Å². The van der Waals surface area contributed by atoms with Gasteiger partial charge in [0.1, 0.15) is 0 Å². The van der Waals surface area contributed by atoms with Gasteiger partial charge >= 0.3 is 0 Å². The third kappa shape index (κ3) is 7.19. The number of rotatable bonds is 6. The Bertz CT molecular complexity index is 385. The van der Waals surface area contributed by atoms with Crippen molar-refractivity contribution in [3.05, 3.63) is 0 Å². The first kappa shape index (κ1) is 24.9. The predicted molar refractivity (Wildman–Crippen MR) is 105 cm³/mol. The molecule has 0 radical (unpaired) electrons. The Kier molecular flexibility index (Phi) is 11.5. The van der Waals surface area contributed by atoms with E-state index in [9.17, 15) is 4.79 Å². The molecule has 0 aromatic carbocycles. The number of ether oxygens (including phenoxy) is 2. The monoisotopic (exact) mass is 399 g/mol. The molecule has 25 heavy (non-hydrogen) atoms. The standard InChI is InChI=1S/C17H33N3O3.2ClH/c1-17(2,20-8-4-14(22-3)5-9-20)12-19-16(21)15(18)13-6-10-23-11-7-13;;/h13-15H,4-12,18H2,1-3H3,(H,19,21);2*1H. The van der Waals surface area contributed by atoms with E-state index in [0.717, 1.165) is 38.8 Å². The van der Waals surface area contributed by atoms with Gasteiger partial charge in [0.15, 0.2) is 0 Å². The fourth-order valence-corrected chi connectivity index (χ4v) is 3.52. The number of nitrogens with zero attached hydrogens (tertiary/aromatic N) is 1. The number of piperidine rings is 1. The molecule has 2 aliphatic heterocycles. The number of hydrogen-bond acceptors (Lipinski definition) is 5. The number of nitrogens with two attached hydrogens (primary N) is 1. The number of likely N-dealkylation sites (tertiary alicyclic amines) is 1. The molecule has 0 aromatic rings. The normalized spacial score (nSPS) is 21.8. The van der Waals surface area contributed by atoms with Crippen molar-refractivity contribution < 1.29 is 14.3 Å². The lowest BCUT2D eigenvalue weighted by molar-refractivity contribution is -0.125. The van der Waals surface area contributed by atoms with E-state index in [1.807, 2.05) is 0 Å². The smallest absolute Gasteiger partial charge is 0.237 e. The summed E-state index contributed by atoms with van der Waals surface area (Å²) in [5.41, 5.74) is 6.07. The average molecular weight is 400 g/mol. The molecule has 1 unspecified atom stereocenters. The lowest BCUT2D eigenvalue weighted by Crippen LogP contribution is -2.57. The molecule has 2 fully saturated rings. The molecule has 0 bridgehead atoms. The van der Waals surface area contributed by atoms with Crippen molar-refractivity contribution in [1.29, 1.82) is 0 Å². The zero-order valence-electron chi connectivity index (χ0n) is 15.7. The van der Waals surface area contributed by atoms with Crippen LogP contribution in [0.15, 0.2) is 0 Å². The van der Waals surface area contributed by atoms with E-state index in [4.69, 9.17) is 15.2 Å². The Morgan fingerprint density at radius 1 is 1.24 bits per heavy atom. The van der Waals surface area contributed by atoms with E-state index in [0.29, 0.717) is 25.9 Å². The quantitative estimate of drug-likeness (QED) is 0.708. The number of carbonyl (C=O) groups is 1. The van der Waals surface area contributed by atoms with Gasteiger partial charge in [0.2, 0.25) is 5.91 Å². The van der Waals surface area contributed by atoms with Crippen molar-refractivity contribution in [2.75, 3.05) is 40.0 Å². The van der Waals surface area contributed by atoms with Crippen LogP contribution in [0.3, 0.4) is 0 Å². The van der Waals surface area contributed by atoms with E-state index >= 15 is 0 Å². The van der Waals surface area contributed by atoms with Crippen LogP contribution in [0.2, 0.25) is 0 Å². The number of methoxy groups -OCH3 is 1. The summed E-state index contributed by atoms with van der Waals surface area (Å²) >= 11 is 0. The van der Waals surface area contributed by atoms with E-state index in [-0.39, 0.29) is 42.2 Å². The number of amides is 1. The minimum atomic E-state index is -0.422. The van der Waals surface area contributed by atoms with Crippen LogP contribution in [-0.2, 0) is 14.3 Å². The molecule has 0 saturated carbocycles. The topological polar surface area (TPSA) is 76.8 Å². The molecule has 2 saturated heterocycles. The van der Waals surface area contributed by atoms with Gasteiger partial charge in [0.05, 0.1) is 12.1 Å². The van der Waals surface area contributed by atoms with E-state index in [1.54, 1.807) is 7.11 Å². The third-order valence-electron chi connectivity index (χ3n) is 5.40. The minimum absolute atomic E-state index is 0.